The lowest BCUT2D eigenvalue weighted by atomic mass is 10.1. The van der Waals surface area contributed by atoms with Gasteiger partial charge in [0, 0.05) is 21.2 Å². The smallest absolute Gasteiger partial charge is 0.137 e. The zero-order valence-electron chi connectivity index (χ0n) is 7.63. The first-order valence-corrected chi connectivity index (χ1v) is 4.92. The topological polar surface area (TPSA) is 35.2 Å². The molecule has 0 aliphatic heterocycles. The summed E-state index contributed by atoms with van der Waals surface area (Å²) < 4.78 is 6.45. The molecule has 2 nitrogen and oxygen atoms in total. The van der Waals surface area contributed by atoms with Crippen molar-refractivity contribution in [1.29, 1.82) is 0 Å². The zero-order valence-corrected chi connectivity index (χ0v) is 8.44. The molecule has 2 rings (SSSR count). The van der Waals surface area contributed by atoms with Crippen LogP contribution in [0.15, 0.2) is 17.5 Å². The minimum Gasteiger partial charge on any atom is -0.495 e. The van der Waals surface area contributed by atoms with E-state index in [1.807, 2.05) is 24.4 Å². The molecule has 0 aliphatic carbocycles. The van der Waals surface area contributed by atoms with E-state index in [1.165, 1.54) is 4.70 Å². The average Bonchev–Trinajstić information content (AvgIpc) is 2.55. The van der Waals surface area contributed by atoms with Crippen molar-refractivity contribution in [3.8, 4) is 5.75 Å². The normalized spacial score (nSPS) is 10.6. The molecule has 1 aromatic heterocycles. The maximum Gasteiger partial charge on any atom is 0.137 e. The van der Waals surface area contributed by atoms with Crippen molar-refractivity contribution < 1.29 is 4.74 Å². The molecule has 0 aliphatic rings. The van der Waals surface area contributed by atoms with Crippen molar-refractivity contribution >= 4 is 27.1 Å². The SMILES string of the molecule is COc1csc2c(C)c(N)ccc12. The van der Waals surface area contributed by atoms with Crippen LogP contribution in [0.4, 0.5) is 5.69 Å². The Hall–Kier alpha value is -1.22. The molecular weight excluding hydrogens is 182 g/mol. The van der Waals surface area contributed by atoms with Crippen LogP contribution in [0.3, 0.4) is 0 Å². The second-order valence-electron chi connectivity index (χ2n) is 2.96. The first-order chi connectivity index (χ1) is 6.24. The van der Waals surface area contributed by atoms with Crippen LogP contribution in [-0.2, 0) is 0 Å². The summed E-state index contributed by atoms with van der Waals surface area (Å²) in [5.74, 6) is 0.933. The fraction of sp³-hybridized carbons (Fsp3) is 0.200. The maximum atomic E-state index is 5.80. The van der Waals surface area contributed by atoms with Crippen LogP contribution in [0.1, 0.15) is 5.56 Å². The van der Waals surface area contributed by atoms with E-state index < -0.39 is 0 Å². The van der Waals surface area contributed by atoms with Crippen LogP contribution in [0.5, 0.6) is 5.75 Å². The quantitative estimate of drug-likeness (QED) is 0.707. The van der Waals surface area contributed by atoms with Gasteiger partial charge in [-0.2, -0.15) is 0 Å². The number of methoxy groups -OCH3 is 1. The molecule has 0 unspecified atom stereocenters. The van der Waals surface area contributed by atoms with Gasteiger partial charge in [-0.25, -0.2) is 0 Å². The van der Waals surface area contributed by atoms with Crippen molar-refractivity contribution in [2.24, 2.45) is 0 Å². The monoisotopic (exact) mass is 193 g/mol. The first-order valence-electron chi connectivity index (χ1n) is 4.04. The van der Waals surface area contributed by atoms with E-state index in [2.05, 4.69) is 0 Å². The highest BCUT2D eigenvalue weighted by Gasteiger charge is 2.07. The number of hydrogen-bond donors (Lipinski definition) is 1. The summed E-state index contributed by atoms with van der Waals surface area (Å²) in [5, 5.41) is 3.16. The molecule has 2 N–H and O–H groups in total. The molecule has 13 heavy (non-hydrogen) atoms. The number of anilines is 1. The third-order valence-corrected chi connectivity index (χ3v) is 3.31. The van der Waals surface area contributed by atoms with Gasteiger partial charge in [0.25, 0.3) is 0 Å². The van der Waals surface area contributed by atoms with Crippen molar-refractivity contribution in [2.45, 2.75) is 6.92 Å². The molecule has 0 spiro atoms. The van der Waals surface area contributed by atoms with E-state index in [1.54, 1.807) is 18.4 Å². The van der Waals surface area contributed by atoms with Gasteiger partial charge in [-0.15, -0.1) is 11.3 Å². The minimum atomic E-state index is 0.844. The second kappa shape index (κ2) is 2.92. The molecule has 68 valence electrons. The lowest BCUT2D eigenvalue weighted by Crippen LogP contribution is -1.88. The van der Waals surface area contributed by atoms with Crippen LogP contribution in [-0.4, -0.2) is 7.11 Å². The number of rotatable bonds is 1. The van der Waals surface area contributed by atoms with E-state index >= 15 is 0 Å². The summed E-state index contributed by atoms with van der Waals surface area (Å²) >= 11 is 1.67. The molecule has 1 aromatic carbocycles. The lowest BCUT2D eigenvalue weighted by molar-refractivity contribution is 0.421. The zero-order chi connectivity index (χ0) is 9.42. The second-order valence-corrected chi connectivity index (χ2v) is 3.84. The Labute approximate surface area is 80.9 Å². The van der Waals surface area contributed by atoms with Crippen molar-refractivity contribution in [3.05, 3.63) is 23.1 Å². The highest BCUT2D eigenvalue weighted by Crippen LogP contribution is 2.35. The number of nitrogens with two attached hydrogens (primary N) is 1. The minimum absolute atomic E-state index is 0.844. The Balaban J connectivity index is 2.81. The fourth-order valence-corrected chi connectivity index (χ4v) is 2.43. The fourth-order valence-electron chi connectivity index (χ4n) is 1.39. The Bertz CT molecular complexity index is 447. The maximum absolute atomic E-state index is 5.80. The van der Waals surface area contributed by atoms with E-state index in [9.17, 15) is 0 Å². The summed E-state index contributed by atoms with van der Waals surface area (Å²) in [6.07, 6.45) is 0. The Kier molecular flexibility index (Phi) is 1.88. The van der Waals surface area contributed by atoms with Gasteiger partial charge in [-0.3, -0.25) is 0 Å². The van der Waals surface area contributed by atoms with Gasteiger partial charge in [0.1, 0.15) is 5.75 Å². The molecule has 0 radical (unpaired) electrons. The number of thiophene rings is 1. The molecule has 0 saturated carbocycles. The van der Waals surface area contributed by atoms with Crippen molar-refractivity contribution in [2.75, 3.05) is 12.8 Å². The van der Waals surface area contributed by atoms with Gasteiger partial charge < -0.3 is 10.5 Å². The van der Waals surface area contributed by atoms with Crippen LogP contribution < -0.4 is 10.5 Å². The van der Waals surface area contributed by atoms with Crippen LogP contribution >= 0.6 is 11.3 Å². The third-order valence-electron chi connectivity index (χ3n) is 2.22. The molecule has 3 heteroatoms. The number of ether oxygens (including phenoxy) is 1. The number of nitrogen functional groups attached to an aromatic ring is 1. The van der Waals surface area contributed by atoms with Crippen molar-refractivity contribution in [1.82, 2.24) is 0 Å². The Morgan fingerprint density at radius 3 is 2.85 bits per heavy atom. The summed E-state index contributed by atoms with van der Waals surface area (Å²) in [6.45, 7) is 2.04. The summed E-state index contributed by atoms with van der Waals surface area (Å²) in [7, 11) is 1.69. The van der Waals surface area contributed by atoms with Gasteiger partial charge in [0.05, 0.1) is 7.11 Å². The largest absolute Gasteiger partial charge is 0.495 e. The lowest BCUT2D eigenvalue weighted by Gasteiger charge is -2.01. The molecule has 0 saturated heterocycles. The molecule has 0 fully saturated rings. The molecule has 2 aromatic rings. The summed E-state index contributed by atoms with van der Waals surface area (Å²) in [4.78, 5) is 0. The third kappa shape index (κ3) is 1.16. The van der Waals surface area contributed by atoms with Crippen LogP contribution in [0.2, 0.25) is 0 Å². The summed E-state index contributed by atoms with van der Waals surface area (Å²) in [5.41, 5.74) is 7.79. The molecule has 0 amide bonds. The van der Waals surface area contributed by atoms with Gasteiger partial charge >= 0.3 is 0 Å². The molecule has 1 heterocycles. The van der Waals surface area contributed by atoms with E-state index in [4.69, 9.17) is 10.5 Å². The van der Waals surface area contributed by atoms with Crippen molar-refractivity contribution in [3.63, 3.8) is 0 Å². The standard InChI is InChI=1S/C10H11NOS/c1-6-8(11)4-3-7-9(12-2)5-13-10(6)7/h3-5H,11H2,1-2H3. The van der Waals surface area contributed by atoms with E-state index in [0.717, 1.165) is 22.4 Å². The Morgan fingerprint density at radius 1 is 1.38 bits per heavy atom. The van der Waals surface area contributed by atoms with Gasteiger partial charge in [-0.05, 0) is 24.6 Å². The highest BCUT2D eigenvalue weighted by molar-refractivity contribution is 7.17. The number of fused-ring (bicyclic) bond motifs is 1. The highest BCUT2D eigenvalue weighted by atomic mass is 32.1. The Morgan fingerprint density at radius 2 is 2.15 bits per heavy atom. The summed E-state index contributed by atoms with van der Waals surface area (Å²) in [6, 6.07) is 3.93. The number of aryl methyl sites for hydroxylation is 1. The molecule has 0 bridgehead atoms. The predicted octanol–water partition coefficient (Wildman–Crippen LogP) is 2.80. The van der Waals surface area contributed by atoms with Gasteiger partial charge in [0.15, 0.2) is 0 Å². The number of hydrogen-bond acceptors (Lipinski definition) is 3. The van der Waals surface area contributed by atoms with E-state index in [-0.39, 0.29) is 0 Å². The van der Waals surface area contributed by atoms with E-state index in [0.29, 0.717) is 0 Å². The predicted molar refractivity (Wildman–Crippen MR) is 57.5 cm³/mol. The molecular formula is C10H11NOS. The molecule has 0 atom stereocenters. The van der Waals surface area contributed by atoms with Gasteiger partial charge in [0.2, 0.25) is 0 Å². The van der Waals surface area contributed by atoms with Crippen LogP contribution in [0.25, 0.3) is 10.1 Å². The number of benzene rings is 1. The first kappa shape index (κ1) is 8.38. The average molecular weight is 193 g/mol. The van der Waals surface area contributed by atoms with Gasteiger partial charge in [-0.1, -0.05) is 0 Å². The van der Waals surface area contributed by atoms with Crippen LogP contribution in [0, 0.1) is 6.92 Å².